The fraction of sp³-hybridized carbons (Fsp3) is 0.0769. The first-order valence-corrected chi connectivity index (χ1v) is 5.63. The fourth-order valence-electron chi connectivity index (χ4n) is 1.90. The number of nitrogens with one attached hydrogen (secondary N) is 1. The average Bonchev–Trinajstić information content (AvgIpc) is 2.37. The summed E-state index contributed by atoms with van der Waals surface area (Å²) in [4.78, 5) is 23.7. The third-order valence-corrected chi connectivity index (χ3v) is 2.80. The third-order valence-electron chi connectivity index (χ3n) is 2.80. The maximum absolute atomic E-state index is 13.9. The van der Waals surface area contributed by atoms with Gasteiger partial charge in [0.1, 0.15) is 17.4 Å². The molecule has 21 heavy (non-hydrogen) atoms. The first-order chi connectivity index (χ1) is 9.85. The van der Waals surface area contributed by atoms with Crippen LogP contribution in [-0.2, 0) is 0 Å². The molecule has 0 fully saturated rings. The number of hydrogen-bond acceptors (Lipinski definition) is 4. The number of benzene rings is 1. The van der Waals surface area contributed by atoms with Crippen molar-refractivity contribution in [3.05, 3.63) is 61.6 Å². The summed E-state index contributed by atoms with van der Waals surface area (Å²) in [7, 11) is 0. The lowest BCUT2D eigenvalue weighted by Crippen LogP contribution is -2.13. The van der Waals surface area contributed by atoms with Crippen molar-refractivity contribution in [2.75, 3.05) is 0 Å². The molecule has 1 aromatic carbocycles. The number of H-pyrrole nitrogens is 1. The standard InChI is InChI=1S/C13H7F2N3O3/c1-6-2-7(9(5-16)13(19)17-6)8-3-12(18(20)21)11(15)4-10(8)14/h2-4H,1H3,(H,17,19). The number of nitriles is 1. The Morgan fingerprint density at radius 3 is 2.48 bits per heavy atom. The van der Waals surface area contributed by atoms with Crippen LogP contribution in [-0.4, -0.2) is 9.91 Å². The van der Waals surface area contributed by atoms with Gasteiger partial charge in [-0.3, -0.25) is 14.9 Å². The molecule has 6 nitrogen and oxygen atoms in total. The Morgan fingerprint density at radius 2 is 1.90 bits per heavy atom. The smallest absolute Gasteiger partial charge is 0.305 e. The maximum Gasteiger partial charge on any atom is 0.305 e. The van der Waals surface area contributed by atoms with Crippen LogP contribution < -0.4 is 5.56 Å². The highest BCUT2D eigenvalue weighted by Gasteiger charge is 2.22. The Hall–Kier alpha value is -3.08. The molecule has 0 aliphatic rings. The van der Waals surface area contributed by atoms with Crippen LogP contribution in [0.4, 0.5) is 14.5 Å². The lowest BCUT2D eigenvalue weighted by molar-refractivity contribution is -0.387. The normalized spacial score (nSPS) is 10.2. The molecule has 0 saturated heterocycles. The minimum atomic E-state index is -1.33. The third kappa shape index (κ3) is 2.49. The van der Waals surface area contributed by atoms with Gasteiger partial charge in [-0.05, 0) is 13.0 Å². The molecule has 0 atom stereocenters. The summed E-state index contributed by atoms with van der Waals surface area (Å²) >= 11 is 0. The van der Waals surface area contributed by atoms with Crippen molar-refractivity contribution in [1.29, 1.82) is 5.26 Å². The van der Waals surface area contributed by atoms with Crippen LogP contribution in [0.25, 0.3) is 11.1 Å². The lowest BCUT2D eigenvalue weighted by Gasteiger charge is -2.07. The first kappa shape index (κ1) is 14.3. The molecule has 0 radical (unpaired) electrons. The van der Waals surface area contributed by atoms with Crippen LogP contribution >= 0.6 is 0 Å². The number of nitrogens with zero attached hydrogens (tertiary/aromatic N) is 2. The second-order valence-electron chi connectivity index (χ2n) is 4.22. The summed E-state index contributed by atoms with van der Waals surface area (Å²) in [6.07, 6.45) is 0. The van der Waals surface area contributed by atoms with Crippen LogP contribution in [0.3, 0.4) is 0 Å². The summed E-state index contributed by atoms with van der Waals surface area (Å²) in [5.41, 5.74) is -2.26. The minimum absolute atomic E-state index is 0.126. The van der Waals surface area contributed by atoms with E-state index < -0.39 is 33.4 Å². The van der Waals surface area contributed by atoms with Crippen molar-refractivity contribution in [3.63, 3.8) is 0 Å². The van der Waals surface area contributed by atoms with Crippen molar-refractivity contribution in [3.8, 4) is 17.2 Å². The quantitative estimate of drug-likeness (QED) is 0.678. The zero-order valence-electron chi connectivity index (χ0n) is 10.6. The predicted molar refractivity (Wildman–Crippen MR) is 68.5 cm³/mol. The topological polar surface area (TPSA) is 99.8 Å². The second kappa shape index (κ2) is 5.13. The Bertz CT molecular complexity index is 853. The number of aryl methyl sites for hydroxylation is 1. The summed E-state index contributed by atoms with van der Waals surface area (Å²) in [6.45, 7) is 1.50. The zero-order chi connectivity index (χ0) is 15.7. The number of nitro benzene ring substituents is 1. The van der Waals surface area contributed by atoms with Crippen LogP contribution in [0.2, 0.25) is 0 Å². The molecule has 0 spiro atoms. The van der Waals surface area contributed by atoms with E-state index in [1.165, 1.54) is 13.0 Å². The van der Waals surface area contributed by atoms with Crippen LogP contribution in [0.1, 0.15) is 11.3 Å². The molecule has 0 unspecified atom stereocenters. The van der Waals surface area contributed by atoms with Crippen molar-refractivity contribution >= 4 is 5.69 Å². The van der Waals surface area contributed by atoms with E-state index in [1.807, 2.05) is 0 Å². The highest BCUT2D eigenvalue weighted by molar-refractivity contribution is 5.72. The van der Waals surface area contributed by atoms with E-state index in [-0.39, 0.29) is 11.1 Å². The average molecular weight is 291 g/mol. The number of aromatic nitrogens is 1. The molecular weight excluding hydrogens is 284 g/mol. The van der Waals surface area contributed by atoms with Crippen molar-refractivity contribution in [2.45, 2.75) is 6.92 Å². The molecule has 0 bridgehead atoms. The van der Waals surface area contributed by atoms with Crippen LogP contribution in [0.5, 0.6) is 0 Å². The Balaban J connectivity index is 2.85. The summed E-state index contributed by atoms with van der Waals surface area (Å²) in [5.74, 6) is -2.43. The maximum atomic E-state index is 13.9. The highest BCUT2D eigenvalue weighted by atomic mass is 19.1. The van der Waals surface area contributed by atoms with Gasteiger partial charge in [0.2, 0.25) is 5.82 Å². The van der Waals surface area contributed by atoms with Crippen LogP contribution in [0, 0.1) is 40.0 Å². The van der Waals surface area contributed by atoms with Crippen molar-refractivity contribution < 1.29 is 13.7 Å². The molecular formula is C13H7F2N3O3. The number of aromatic amines is 1. The largest absolute Gasteiger partial charge is 0.325 e. The molecule has 0 amide bonds. The molecule has 8 heteroatoms. The van der Waals surface area contributed by atoms with Gasteiger partial charge < -0.3 is 4.98 Å². The first-order valence-electron chi connectivity index (χ1n) is 5.63. The van der Waals surface area contributed by atoms with E-state index in [0.717, 1.165) is 0 Å². The van der Waals surface area contributed by atoms with E-state index in [2.05, 4.69) is 4.98 Å². The Labute approximate surface area is 116 Å². The number of halogens is 2. The van der Waals surface area contributed by atoms with Gasteiger partial charge >= 0.3 is 5.69 Å². The predicted octanol–water partition coefficient (Wildman–Crippen LogP) is 2.41. The van der Waals surface area contributed by atoms with Crippen molar-refractivity contribution in [1.82, 2.24) is 4.98 Å². The molecule has 0 aliphatic heterocycles. The van der Waals surface area contributed by atoms with E-state index in [4.69, 9.17) is 5.26 Å². The van der Waals surface area contributed by atoms with Crippen LogP contribution in [0.15, 0.2) is 23.0 Å². The molecule has 1 heterocycles. The summed E-state index contributed by atoms with van der Waals surface area (Å²) < 4.78 is 27.2. The molecule has 0 saturated carbocycles. The van der Waals surface area contributed by atoms with E-state index in [1.54, 1.807) is 6.07 Å². The molecule has 2 rings (SSSR count). The minimum Gasteiger partial charge on any atom is -0.325 e. The van der Waals surface area contributed by atoms with Gasteiger partial charge in [-0.25, -0.2) is 4.39 Å². The number of hydrogen-bond donors (Lipinski definition) is 1. The van der Waals surface area contributed by atoms with E-state index >= 15 is 0 Å². The van der Waals surface area contributed by atoms with Gasteiger partial charge in [-0.1, -0.05) is 0 Å². The number of nitro groups is 1. The van der Waals surface area contributed by atoms with Gasteiger partial charge in [0.25, 0.3) is 5.56 Å². The number of pyridine rings is 1. The lowest BCUT2D eigenvalue weighted by atomic mass is 10.00. The fourth-order valence-corrected chi connectivity index (χ4v) is 1.90. The number of rotatable bonds is 2. The van der Waals surface area contributed by atoms with Crippen molar-refractivity contribution in [2.24, 2.45) is 0 Å². The Kier molecular flexibility index (Phi) is 3.50. The SMILES string of the molecule is Cc1cc(-c2cc([N+](=O)[O-])c(F)cc2F)c(C#N)c(=O)[nH]1. The zero-order valence-corrected chi connectivity index (χ0v) is 10.6. The van der Waals surface area contributed by atoms with Gasteiger partial charge in [0.15, 0.2) is 0 Å². The van der Waals surface area contributed by atoms with E-state index in [9.17, 15) is 23.7 Å². The molecule has 0 aliphatic carbocycles. The Morgan fingerprint density at radius 1 is 1.24 bits per heavy atom. The second-order valence-corrected chi connectivity index (χ2v) is 4.22. The highest BCUT2D eigenvalue weighted by Crippen LogP contribution is 2.30. The van der Waals surface area contributed by atoms with Gasteiger partial charge in [0.05, 0.1) is 4.92 Å². The molecule has 1 N–H and O–H groups in total. The monoisotopic (exact) mass is 291 g/mol. The van der Waals surface area contributed by atoms with Gasteiger partial charge in [-0.2, -0.15) is 9.65 Å². The summed E-state index contributed by atoms with van der Waals surface area (Å²) in [6, 6.07) is 3.92. The summed E-state index contributed by atoms with van der Waals surface area (Å²) in [5, 5.41) is 19.7. The molecule has 2 aromatic rings. The van der Waals surface area contributed by atoms with E-state index in [0.29, 0.717) is 17.8 Å². The molecule has 106 valence electrons. The molecule has 1 aromatic heterocycles. The van der Waals surface area contributed by atoms with Gasteiger partial charge in [-0.15, -0.1) is 0 Å². The van der Waals surface area contributed by atoms with Gasteiger partial charge in [0, 0.05) is 29.0 Å².